The van der Waals surface area contributed by atoms with Gasteiger partial charge in [0.1, 0.15) is 80.7 Å². The lowest BCUT2D eigenvalue weighted by atomic mass is 9.72. The normalized spacial score (nSPS) is 45.9. The molecule has 0 aromatic carbocycles. The summed E-state index contributed by atoms with van der Waals surface area (Å²) < 4.78 is 51.2. The highest BCUT2D eigenvalue weighted by molar-refractivity contribution is 5.90. The van der Waals surface area contributed by atoms with E-state index in [1.54, 1.807) is 6.08 Å². The van der Waals surface area contributed by atoms with Crippen LogP contribution >= 0.6 is 0 Å². The van der Waals surface area contributed by atoms with E-state index in [2.05, 4.69) is 0 Å². The minimum atomic E-state index is -1.85. The van der Waals surface area contributed by atoms with Crippen LogP contribution in [0.25, 0.3) is 0 Å². The molecule has 3 saturated heterocycles. The van der Waals surface area contributed by atoms with E-state index in [4.69, 9.17) is 47.7 Å². The number of carbonyl (C=O) groups excluding carboxylic acids is 2. The molecule has 360 valence electrons. The summed E-state index contributed by atoms with van der Waals surface area (Å²) in [7, 11) is 2.91. The SMILES string of the molecule is COC1CC(C2[OH+]C3CC(O)CC(O[C@H]4O[C@@H](COC(=O)CC(=O)O)[C@H](O)[C@H](O)[C@@H]4O)C3CC2O[C@H]2O[C@@H](COC(=O)C=CC3CCC(O)CC3)[C@H](O)[C@H](O)[C@@H]2O)CC(OC)C1O. The first-order valence-corrected chi connectivity index (χ1v) is 21.7. The average molecular weight is 910 g/mol. The Kier molecular flexibility index (Phi) is 17.7. The van der Waals surface area contributed by atoms with E-state index in [-0.39, 0.29) is 37.2 Å². The van der Waals surface area contributed by atoms with Gasteiger partial charge in [0.05, 0.1) is 36.4 Å². The molecule has 11 N–H and O–H groups in total. The molecule has 3 heterocycles. The number of carboxylic acid groups (broad SMARTS) is 1. The van der Waals surface area contributed by atoms with Crippen molar-refractivity contribution < 1.29 is 108 Å². The monoisotopic (exact) mass is 909 g/mol. The van der Waals surface area contributed by atoms with Crippen LogP contribution in [-0.2, 0) is 52.3 Å². The zero-order valence-corrected chi connectivity index (χ0v) is 35.3. The molecule has 6 aliphatic rings. The number of carbonyl (C=O) groups is 3. The maximum atomic E-state index is 12.7. The van der Waals surface area contributed by atoms with Gasteiger partial charge in [-0.1, -0.05) is 6.08 Å². The second-order valence-electron chi connectivity index (χ2n) is 17.7. The van der Waals surface area contributed by atoms with Crippen molar-refractivity contribution in [2.45, 2.75) is 181 Å². The number of allylic oxidation sites excluding steroid dienone is 1. The van der Waals surface area contributed by atoms with Gasteiger partial charge in [-0.05, 0) is 50.9 Å². The lowest BCUT2D eigenvalue weighted by Gasteiger charge is -2.50. The summed E-state index contributed by atoms with van der Waals surface area (Å²) in [6, 6.07) is 0. The van der Waals surface area contributed by atoms with Crippen LogP contribution in [0.1, 0.15) is 64.2 Å². The molecule has 3 aliphatic carbocycles. The van der Waals surface area contributed by atoms with Crippen LogP contribution in [0.2, 0.25) is 0 Å². The topological polar surface area (TPSA) is 340 Å². The lowest BCUT2D eigenvalue weighted by Crippen LogP contribution is -2.64. The molecule has 6 fully saturated rings. The molecule has 63 heavy (non-hydrogen) atoms. The summed E-state index contributed by atoms with van der Waals surface area (Å²) in [5.74, 6) is -4.19. The third-order valence-electron chi connectivity index (χ3n) is 13.5. The number of aliphatic carboxylic acids is 1. The summed E-state index contributed by atoms with van der Waals surface area (Å²) in [5, 5.41) is 106. The smallest absolute Gasteiger partial charge is 0.330 e. The summed E-state index contributed by atoms with van der Waals surface area (Å²) in [5.41, 5.74) is 0. The van der Waals surface area contributed by atoms with Gasteiger partial charge >= 0.3 is 17.9 Å². The van der Waals surface area contributed by atoms with Crippen LogP contribution in [0.3, 0.4) is 0 Å². The maximum Gasteiger partial charge on any atom is 0.330 e. The van der Waals surface area contributed by atoms with Gasteiger partial charge in [-0.2, -0.15) is 0 Å². The molecule has 22 nitrogen and oxygen atoms in total. The number of hydrogen-bond donors (Lipinski definition) is 10. The minimum absolute atomic E-state index is 0.0112. The second kappa shape index (κ2) is 22.3. The van der Waals surface area contributed by atoms with Crippen LogP contribution in [-0.4, -0.2) is 217 Å². The Labute approximate surface area is 363 Å². The highest BCUT2D eigenvalue weighted by Crippen LogP contribution is 2.44. The predicted octanol–water partition coefficient (Wildman–Crippen LogP) is -3.72. The number of hydrogen-bond acceptors (Lipinski definition) is 20. The third-order valence-corrected chi connectivity index (χ3v) is 13.5. The second-order valence-corrected chi connectivity index (χ2v) is 17.7. The Balaban J connectivity index is 1.20. The van der Waals surface area contributed by atoms with Crippen molar-refractivity contribution in [2.24, 2.45) is 17.8 Å². The van der Waals surface area contributed by atoms with Gasteiger partial charge in [-0.15, -0.1) is 0 Å². The van der Waals surface area contributed by atoms with Gasteiger partial charge in [-0.3, -0.25) is 9.59 Å². The van der Waals surface area contributed by atoms with Crippen LogP contribution in [0.15, 0.2) is 12.2 Å². The third kappa shape index (κ3) is 12.3. The fourth-order valence-electron chi connectivity index (χ4n) is 9.87. The first kappa shape index (κ1) is 49.9. The first-order chi connectivity index (χ1) is 30.0. The Hall–Kier alpha value is -2.49. The molecule has 0 radical (unpaired) electrons. The number of rotatable bonds is 15. The molecule has 0 amide bonds. The van der Waals surface area contributed by atoms with Crippen molar-refractivity contribution >= 4 is 17.9 Å². The number of aliphatic hydroxyl groups is 11. The standard InChI is InChI=1S/C41H64O22/c1-55-24-9-18(10-25(56-2)32(24)48)39-26(61-41-38(54)36(52)33(49)27(63-41)15-57-30(46)8-5-17-3-6-19(42)7-4-17)13-21-22(59-39)11-20(43)12-23(21)60-40-37(53)35(51)34(50)28(62-40)16-58-31(47)14-29(44)45/h5,8,17-28,32-43,48-54H,3-4,6-7,9-16H2,1-2H3,(H,44,45)/p+1/t17?,18?,19?,20?,21?,22?,23?,24?,25?,26?,27-,28-,32?,33-,34-,35-,36-,37-,38-,39?,40-,41-/m0/s1. The van der Waals surface area contributed by atoms with E-state index in [9.17, 15) is 60.3 Å². The lowest BCUT2D eigenvalue weighted by molar-refractivity contribution is -0.368. The molecular weight excluding hydrogens is 844 g/mol. The summed E-state index contributed by atoms with van der Waals surface area (Å²) in [4.78, 5) is 35.5. The van der Waals surface area contributed by atoms with Crippen molar-refractivity contribution in [2.75, 3.05) is 27.4 Å². The summed E-state index contributed by atoms with van der Waals surface area (Å²) >= 11 is 0. The molecule has 0 spiro atoms. The zero-order valence-electron chi connectivity index (χ0n) is 35.3. The summed E-state index contributed by atoms with van der Waals surface area (Å²) in [6.07, 6.45) is -18.1. The van der Waals surface area contributed by atoms with Gasteiger partial charge in [0.2, 0.25) is 0 Å². The van der Waals surface area contributed by atoms with Crippen molar-refractivity contribution in [3.8, 4) is 0 Å². The highest BCUT2D eigenvalue weighted by atomic mass is 16.7. The molecular formula is C41H65O22+. The van der Waals surface area contributed by atoms with E-state index < -0.39 is 154 Å². The molecule has 3 saturated carbocycles. The van der Waals surface area contributed by atoms with Crippen molar-refractivity contribution in [3.05, 3.63) is 12.2 Å². The number of aliphatic hydroxyl groups excluding tert-OH is 9. The minimum Gasteiger partial charge on any atom is -0.481 e. The molecule has 6 rings (SSSR count). The van der Waals surface area contributed by atoms with Gasteiger partial charge in [0.15, 0.2) is 24.8 Å². The molecule has 22 heteroatoms. The van der Waals surface area contributed by atoms with Crippen molar-refractivity contribution in [3.63, 3.8) is 0 Å². The summed E-state index contributed by atoms with van der Waals surface area (Å²) in [6.45, 7) is -1.19. The van der Waals surface area contributed by atoms with Gasteiger partial charge in [0, 0.05) is 39.1 Å². The van der Waals surface area contributed by atoms with Gasteiger partial charge in [-0.25, -0.2) is 4.79 Å². The van der Waals surface area contributed by atoms with Crippen LogP contribution in [0, 0.1) is 17.8 Å². The van der Waals surface area contributed by atoms with E-state index in [0.29, 0.717) is 38.5 Å². The molecule has 8 unspecified atom stereocenters. The van der Waals surface area contributed by atoms with Crippen LogP contribution in [0.4, 0.5) is 0 Å². The zero-order chi connectivity index (χ0) is 45.7. The number of carboxylic acids is 1. The molecule has 0 aromatic rings. The number of ether oxygens (including phenoxy) is 9. The fourth-order valence-corrected chi connectivity index (χ4v) is 9.87. The maximum absolute atomic E-state index is 12.7. The molecule has 0 bridgehead atoms. The largest absolute Gasteiger partial charge is 0.481 e. The van der Waals surface area contributed by atoms with Gasteiger partial charge in [0.25, 0.3) is 0 Å². The quantitative estimate of drug-likeness (QED) is 0.0327. The Morgan fingerprint density at radius 1 is 0.619 bits per heavy atom. The van der Waals surface area contributed by atoms with Crippen LogP contribution in [0.5, 0.6) is 0 Å². The Morgan fingerprint density at radius 3 is 1.73 bits per heavy atom. The number of fused-ring (bicyclic) bond motifs is 1. The average Bonchev–Trinajstić information content (AvgIpc) is 3.25. The van der Waals surface area contributed by atoms with Crippen LogP contribution < -0.4 is 0 Å². The highest BCUT2D eigenvalue weighted by Gasteiger charge is 2.57. The first-order valence-electron chi connectivity index (χ1n) is 21.7. The van der Waals surface area contributed by atoms with Crippen molar-refractivity contribution in [1.29, 1.82) is 0 Å². The van der Waals surface area contributed by atoms with Gasteiger partial charge < -0.3 is 93.7 Å². The van der Waals surface area contributed by atoms with E-state index >= 15 is 0 Å². The molecule has 3 aliphatic heterocycles. The number of esters is 2. The van der Waals surface area contributed by atoms with E-state index in [1.807, 2.05) is 0 Å². The molecule has 0 aromatic heterocycles. The Bertz CT molecular complexity index is 1510. The van der Waals surface area contributed by atoms with E-state index in [1.165, 1.54) is 20.3 Å². The number of methoxy groups -OCH3 is 2. The fraction of sp³-hybridized carbons (Fsp3) is 0.878. The predicted molar refractivity (Wildman–Crippen MR) is 208 cm³/mol. The molecule has 18 atom stereocenters. The van der Waals surface area contributed by atoms with E-state index in [0.717, 1.165) is 0 Å². The van der Waals surface area contributed by atoms with Crippen molar-refractivity contribution in [1.82, 2.24) is 0 Å². The Morgan fingerprint density at radius 2 is 1.17 bits per heavy atom.